The predicted octanol–water partition coefficient (Wildman–Crippen LogP) is 3.67. The Balaban J connectivity index is 1.43. The van der Waals surface area contributed by atoms with Crippen LogP contribution in [0.3, 0.4) is 0 Å². The summed E-state index contributed by atoms with van der Waals surface area (Å²) >= 11 is 0. The smallest absolute Gasteiger partial charge is 0.207 e. The highest BCUT2D eigenvalue weighted by Gasteiger charge is 2.30. The average Bonchev–Trinajstić information content (AvgIpc) is 3.43. The van der Waals surface area contributed by atoms with E-state index < -0.39 is 0 Å². The van der Waals surface area contributed by atoms with Crippen LogP contribution in [0.15, 0.2) is 54.9 Å². The van der Waals surface area contributed by atoms with Crippen molar-refractivity contribution in [1.29, 1.82) is 0 Å². The fourth-order valence-electron chi connectivity index (χ4n) is 4.29. The van der Waals surface area contributed by atoms with Gasteiger partial charge in [0.1, 0.15) is 12.6 Å². The molecule has 2 aromatic heterocycles. The molecule has 32 heavy (non-hydrogen) atoms. The van der Waals surface area contributed by atoms with E-state index in [9.17, 15) is 5.11 Å². The molecule has 0 aliphatic carbocycles. The van der Waals surface area contributed by atoms with Gasteiger partial charge in [-0.3, -0.25) is 4.57 Å². The number of aromatic nitrogens is 4. The van der Waals surface area contributed by atoms with Crippen LogP contribution in [0.1, 0.15) is 30.2 Å². The fourth-order valence-corrected chi connectivity index (χ4v) is 4.29. The Morgan fingerprint density at radius 1 is 1.16 bits per heavy atom. The molecule has 8 nitrogen and oxygen atoms in total. The minimum absolute atomic E-state index is 0.00391. The lowest BCUT2D eigenvalue weighted by atomic mass is 9.98. The molecule has 0 spiro atoms. The molecule has 0 unspecified atom stereocenters. The Bertz CT molecular complexity index is 1240. The van der Waals surface area contributed by atoms with Gasteiger partial charge in [-0.2, -0.15) is 0 Å². The molecule has 164 valence electrons. The predicted molar refractivity (Wildman–Crippen MR) is 124 cm³/mol. The van der Waals surface area contributed by atoms with Crippen LogP contribution >= 0.6 is 0 Å². The third-order valence-electron chi connectivity index (χ3n) is 5.91. The zero-order valence-corrected chi connectivity index (χ0v) is 17.9. The van der Waals surface area contributed by atoms with E-state index in [0.717, 1.165) is 18.4 Å². The van der Waals surface area contributed by atoms with Crippen LogP contribution in [0.5, 0.6) is 0 Å². The Labute approximate surface area is 186 Å². The quantitative estimate of drug-likeness (QED) is 0.428. The first kappa shape index (κ1) is 20.4. The lowest BCUT2D eigenvalue weighted by molar-refractivity contribution is -0.0197. The van der Waals surface area contributed by atoms with Crippen molar-refractivity contribution in [3.8, 4) is 11.1 Å². The molecule has 1 aliphatic rings. The molecule has 2 aromatic carbocycles. The topological polar surface area (TPSA) is 111 Å². The highest BCUT2D eigenvalue weighted by Crippen LogP contribution is 2.34. The number of imidazole rings is 1. The Kier molecular flexibility index (Phi) is 5.46. The molecular formula is C24H26N6O2. The molecule has 0 amide bonds. The summed E-state index contributed by atoms with van der Waals surface area (Å²) in [7, 11) is 0. The van der Waals surface area contributed by atoms with E-state index >= 15 is 0 Å². The van der Waals surface area contributed by atoms with Crippen LogP contribution < -0.4 is 11.1 Å². The van der Waals surface area contributed by atoms with Gasteiger partial charge in [0, 0.05) is 6.54 Å². The maximum atomic E-state index is 9.48. The molecule has 5 rings (SSSR count). The SMILES string of the molecule is Cc1cc(CNc2nc3c(N)ncnc3n2[C@H]2CC[C@@H](CO)O2)ccc1-c1ccccc1. The molecule has 8 heteroatoms. The number of ether oxygens (including phenoxy) is 1. The molecular weight excluding hydrogens is 404 g/mol. The lowest BCUT2D eigenvalue weighted by Crippen LogP contribution is -2.17. The molecule has 1 fully saturated rings. The molecule has 0 bridgehead atoms. The normalized spacial score (nSPS) is 18.3. The zero-order valence-electron chi connectivity index (χ0n) is 17.9. The van der Waals surface area contributed by atoms with Crippen LogP contribution in [0.4, 0.5) is 11.8 Å². The third kappa shape index (κ3) is 3.79. The Morgan fingerprint density at radius 2 is 2.00 bits per heavy atom. The molecule has 1 saturated heterocycles. The fraction of sp³-hybridized carbons (Fsp3) is 0.292. The van der Waals surface area contributed by atoms with E-state index in [4.69, 9.17) is 10.5 Å². The van der Waals surface area contributed by atoms with Gasteiger partial charge in [-0.1, -0.05) is 48.5 Å². The number of rotatable bonds is 6. The van der Waals surface area contributed by atoms with E-state index in [2.05, 4.69) is 69.7 Å². The first-order valence-electron chi connectivity index (χ1n) is 10.8. The molecule has 4 N–H and O–H groups in total. The zero-order chi connectivity index (χ0) is 22.1. The second-order valence-electron chi connectivity index (χ2n) is 8.08. The van der Waals surface area contributed by atoms with Crippen LogP contribution in [-0.4, -0.2) is 37.3 Å². The monoisotopic (exact) mass is 430 g/mol. The average molecular weight is 431 g/mol. The minimum Gasteiger partial charge on any atom is -0.394 e. The van der Waals surface area contributed by atoms with Crippen LogP contribution in [-0.2, 0) is 11.3 Å². The number of benzene rings is 2. The number of nitrogen functional groups attached to an aromatic ring is 1. The van der Waals surface area contributed by atoms with Crippen molar-refractivity contribution in [2.45, 2.75) is 38.6 Å². The van der Waals surface area contributed by atoms with Crippen molar-refractivity contribution in [3.63, 3.8) is 0 Å². The number of nitrogens with zero attached hydrogens (tertiary/aromatic N) is 4. The molecule has 2 atom stereocenters. The van der Waals surface area contributed by atoms with E-state index in [-0.39, 0.29) is 18.9 Å². The van der Waals surface area contributed by atoms with Crippen molar-refractivity contribution in [2.75, 3.05) is 17.7 Å². The van der Waals surface area contributed by atoms with Crippen LogP contribution in [0.25, 0.3) is 22.3 Å². The van der Waals surface area contributed by atoms with Crippen molar-refractivity contribution in [2.24, 2.45) is 0 Å². The molecule has 1 aliphatic heterocycles. The summed E-state index contributed by atoms with van der Waals surface area (Å²) in [6.45, 7) is 2.71. The second kappa shape index (κ2) is 8.57. The molecule has 0 radical (unpaired) electrons. The molecule has 0 saturated carbocycles. The number of aryl methyl sites for hydroxylation is 1. The number of aliphatic hydroxyl groups excluding tert-OH is 1. The summed E-state index contributed by atoms with van der Waals surface area (Å²) in [6.07, 6.45) is 2.53. The van der Waals surface area contributed by atoms with Crippen LogP contribution in [0, 0.1) is 6.92 Å². The van der Waals surface area contributed by atoms with Gasteiger partial charge in [0.15, 0.2) is 17.0 Å². The van der Waals surface area contributed by atoms with Gasteiger partial charge >= 0.3 is 0 Å². The highest BCUT2D eigenvalue weighted by molar-refractivity contribution is 5.84. The van der Waals surface area contributed by atoms with Gasteiger partial charge in [-0.15, -0.1) is 0 Å². The van der Waals surface area contributed by atoms with Gasteiger partial charge in [0.25, 0.3) is 0 Å². The van der Waals surface area contributed by atoms with E-state index in [1.54, 1.807) is 0 Å². The number of nitrogens with two attached hydrogens (primary N) is 1. The molecule has 3 heterocycles. The Hall–Kier alpha value is -3.49. The maximum absolute atomic E-state index is 9.48. The summed E-state index contributed by atoms with van der Waals surface area (Å²) in [5.74, 6) is 0.956. The van der Waals surface area contributed by atoms with Crippen molar-refractivity contribution >= 4 is 22.9 Å². The standard InChI is InChI=1S/C24H26N6O2/c1-15-11-16(7-9-19(15)17-5-3-2-4-6-17)12-26-24-29-21-22(25)27-14-28-23(21)30(24)20-10-8-18(13-31)32-20/h2-7,9,11,14,18,20,31H,8,10,12-13H2,1H3,(H,26,29)(H2,25,27,28)/t18-,20+/m0/s1. The number of fused-ring (bicyclic) bond motifs is 1. The first-order valence-corrected chi connectivity index (χ1v) is 10.8. The highest BCUT2D eigenvalue weighted by atomic mass is 16.5. The van der Waals surface area contributed by atoms with Gasteiger partial charge in [-0.25, -0.2) is 15.0 Å². The van der Waals surface area contributed by atoms with Gasteiger partial charge < -0.3 is 20.9 Å². The van der Waals surface area contributed by atoms with E-state index in [1.807, 2.05) is 10.6 Å². The number of hydrogen-bond acceptors (Lipinski definition) is 7. The minimum atomic E-state index is -0.267. The summed E-state index contributed by atoms with van der Waals surface area (Å²) in [4.78, 5) is 13.1. The van der Waals surface area contributed by atoms with Gasteiger partial charge in [-0.05, 0) is 42.0 Å². The number of aliphatic hydroxyl groups is 1. The number of anilines is 2. The van der Waals surface area contributed by atoms with Crippen molar-refractivity contribution in [1.82, 2.24) is 19.5 Å². The second-order valence-corrected chi connectivity index (χ2v) is 8.08. The van der Waals surface area contributed by atoms with Crippen molar-refractivity contribution < 1.29 is 9.84 Å². The lowest BCUT2D eigenvalue weighted by Gasteiger charge is -2.18. The van der Waals surface area contributed by atoms with Crippen molar-refractivity contribution in [3.05, 3.63) is 66.0 Å². The van der Waals surface area contributed by atoms with Gasteiger partial charge in [0.2, 0.25) is 5.95 Å². The third-order valence-corrected chi connectivity index (χ3v) is 5.91. The summed E-state index contributed by atoms with van der Waals surface area (Å²) in [5, 5.41) is 12.9. The van der Waals surface area contributed by atoms with E-state index in [1.165, 1.54) is 23.0 Å². The van der Waals surface area contributed by atoms with Gasteiger partial charge in [0.05, 0.1) is 12.7 Å². The van der Waals surface area contributed by atoms with Crippen LogP contribution in [0.2, 0.25) is 0 Å². The van der Waals surface area contributed by atoms with E-state index in [0.29, 0.717) is 29.5 Å². The first-order chi connectivity index (χ1) is 15.6. The summed E-state index contributed by atoms with van der Waals surface area (Å²) in [6, 6.07) is 16.8. The molecule has 4 aromatic rings. The number of hydrogen-bond donors (Lipinski definition) is 3. The summed E-state index contributed by atoms with van der Waals surface area (Å²) < 4.78 is 7.94. The Morgan fingerprint density at radius 3 is 2.75 bits per heavy atom. The maximum Gasteiger partial charge on any atom is 0.207 e. The number of nitrogens with one attached hydrogen (secondary N) is 1. The summed E-state index contributed by atoms with van der Waals surface area (Å²) in [5.41, 5.74) is 12.0. The largest absolute Gasteiger partial charge is 0.394 e.